The van der Waals surface area contributed by atoms with Crippen molar-refractivity contribution < 1.29 is 19.4 Å². The van der Waals surface area contributed by atoms with Gasteiger partial charge in [0.25, 0.3) is 5.91 Å². The number of esters is 1. The standard InChI is InChI=1S/C19H19N3O4/c23-15-9-7-14(8-10-15)20-21-17-6-2-1-5-16(17)19(25)26-13-18(24)22-11-3-4-12-22/h1-2,5-10,23H,3-4,11-13H2. The van der Waals surface area contributed by atoms with E-state index in [0.717, 1.165) is 12.8 Å². The van der Waals surface area contributed by atoms with Crippen LogP contribution in [0.2, 0.25) is 0 Å². The number of azo groups is 1. The Hall–Kier alpha value is -3.22. The SMILES string of the molecule is O=C(OCC(=O)N1CCCC1)c1ccccc1N=Nc1ccc(O)cc1. The third-order valence-electron chi connectivity index (χ3n) is 4.03. The van der Waals surface area contributed by atoms with Crippen LogP contribution in [0.15, 0.2) is 58.8 Å². The molecule has 0 aliphatic carbocycles. The predicted molar refractivity (Wildman–Crippen MR) is 94.8 cm³/mol. The van der Waals surface area contributed by atoms with Gasteiger partial charge in [-0.15, -0.1) is 5.11 Å². The maximum absolute atomic E-state index is 12.3. The summed E-state index contributed by atoms with van der Waals surface area (Å²) in [5.74, 6) is -0.660. The molecule has 2 aromatic carbocycles. The van der Waals surface area contributed by atoms with Gasteiger partial charge < -0.3 is 14.7 Å². The molecule has 0 atom stereocenters. The molecule has 1 N–H and O–H groups in total. The van der Waals surface area contributed by atoms with Crippen LogP contribution in [0.5, 0.6) is 5.75 Å². The van der Waals surface area contributed by atoms with Crippen molar-refractivity contribution in [3.8, 4) is 5.75 Å². The molecule has 1 fully saturated rings. The molecule has 7 heteroatoms. The Bertz CT molecular complexity index is 812. The van der Waals surface area contributed by atoms with Crippen molar-refractivity contribution >= 4 is 23.3 Å². The van der Waals surface area contributed by atoms with Crippen LogP contribution in [0.4, 0.5) is 11.4 Å². The van der Waals surface area contributed by atoms with Crippen molar-refractivity contribution in [1.29, 1.82) is 0 Å². The quantitative estimate of drug-likeness (QED) is 0.657. The number of phenols is 1. The highest BCUT2D eigenvalue weighted by Crippen LogP contribution is 2.24. The highest BCUT2D eigenvalue weighted by molar-refractivity contribution is 5.96. The highest BCUT2D eigenvalue weighted by Gasteiger charge is 2.20. The minimum atomic E-state index is -0.613. The van der Waals surface area contributed by atoms with E-state index in [1.54, 1.807) is 41.3 Å². The lowest BCUT2D eigenvalue weighted by Gasteiger charge is -2.15. The maximum Gasteiger partial charge on any atom is 0.340 e. The van der Waals surface area contributed by atoms with Crippen molar-refractivity contribution in [2.45, 2.75) is 12.8 Å². The monoisotopic (exact) mass is 353 g/mol. The fourth-order valence-corrected chi connectivity index (χ4v) is 2.63. The number of hydrogen-bond donors (Lipinski definition) is 1. The predicted octanol–water partition coefficient (Wildman–Crippen LogP) is 3.59. The van der Waals surface area contributed by atoms with Crippen LogP contribution in [-0.4, -0.2) is 41.6 Å². The summed E-state index contributed by atoms with van der Waals surface area (Å²) in [6.07, 6.45) is 1.97. The van der Waals surface area contributed by atoms with E-state index in [1.807, 2.05) is 0 Å². The number of ether oxygens (including phenoxy) is 1. The average Bonchev–Trinajstić information content (AvgIpc) is 3.20. The summed E-state index contributed by atoms with van der Waals surface area (Å²) in [5.41, 5.74) is 1.12. The molecule has 0 saturated carbocycles. The minimum Gasteiger partial charge on any atom is -0.508 e. The Balaban J connectivity index is 1.66. The first kappa shape index (κ1) is 17.6. The molecule has 1 aliphatic rings. The van der Waals surface area contributed by atoms with Crippen LogP contribution in [0, 0.1) is 0 Å². The summed E-state index contributed by atoms with van der Waals surface area (Å²) in [5, 5.41) is 17.4. The second-order valence-corrected chi connectivity index (χ2v) is 5.90. The fourth-order valence-electron chi connectivity index (χ4n) is 2.63. The first-order valence-corrected chi connectivity index (χ1v) is 8.38. The summed E-state index contributed by atoms with van der Waals surface area (Å²) in [7, 11) is 0. The normalized spacial score (nSPS) is 13.9. The summed E-state index contributed by atoms with van der Waals surface area (Å²) < 4.78 is 5.15. The van der Waals surface area contributed by atoms with Crippen molar-refractivity contribution in [3.63, 3.8) is 0 Å². The van der Waals surface area contributed by atoms with Crippen molar-refractivity contribution in [3.05, 3.63) is 54.1 Å². The Morgan fingerprint density at radius 1 is 1.00 bits per heavy atom. The molecular weight excluding hydrogens is 334 g/mol. The number of nitrogens with zero attached hydrogens (tertiary/aromatic N) is 3. The summed E-state index contributed by atoms with van der Waals surface area (Å²) in [4.78, 5) is 26.0. The number of likely N-dealkylation sites (tertiary alicyclic amines) is 1. The fraction of sp³-hybridized carbons (Fsp3) is 0.263. The molecule has 0 unspecified atom stereocenters. The number of aromatic hydroxyl groups is 1. The van der Waals surface area contributed by atoms with E-state index >= 15 is 0 Å². The average molecular weight is 353 g/mol. The van der Waals surface area contributed by atoms with Crippen molar-refractivity contribution in [2.24, 2.45) is 10.2 Å². The zero-order valence-electron chi connectivity index (χ0n) is 14.2. The van der Waals surface area contributed by atoms with Gasteiger partial charge in [-0.2, -0.15) is 5.11 Å². The molecule has 0 aromatic heterocycles. The molecule has 0 bridgehead atoms. The molecule has 26 heavy (non-hydrogen) atoms. The number of amides is 1. The third kappa shape index (κ3) is 4.44. The van der Waals surface area contributed by atoms with E-state index in [-0.39, 0.29) is 23.8 Å². The van der Waals surface area contributed by atoms with Crippen LogP contribution in [0.25, 0.3) is 0 Å². The molecule has 1 heterocycles. The van der Waals surface area contributed by atoms with Crippen LogP contribution in [0.1, 0.15) is 23.2 Å². The molecule has 0 spiro atoms. The highest BCUT2D eigenvalue weighted by atomic mass is 16.5. The zero-order valence-corrected chi connectivity index (χ0v) is 14.2. The summed E-state index contributed by atoms with van der Waals surface area (Å²) in [6, 6.07) is 12.9. The Morgan fingerprint density at radius 2 is 1.69 bits per heavy atom. The molecule has 1 saturated heterocycles. The Kier molecular flexibility index (Phi) is 5.58. The van der Waals surface area contributed by atoms with Crippen LogP contribution in [-0.2, 0) is 9.53 Å². The van der Waals surface area contributed by atoms with Crippen molar-refractivity contribution in [1.82, 2.24) is 4.90 Å². The van der Waals surface area contributed by atoms with Crippen LogP contribution >= 0.6 is 0 Å². The lowest BCUT2D eigenvalue weighted by Crippen LogP contribution is -2.32. The largest absolute Gasteiger partial charge is 0.508 e. The van der Waals surface area contributed by atoms with Gasteiger partial charge in [0.2, 0.25) is 0 Å². The minimum absolute atomic E-state index is 0.135. The van der Waals surface area contributed by atoms with E-state index in [0.29, 0.717) is 24.5 Å². The van der Waals surface area contributed by atoms with E-state index in [1.165, 1.54) is 12.1 Å². The number of phenolic OH excluding ortho intramolecular Hbond substituents is 1. The van der Waals surface area contributed by atoms with Gasteiger partial charge in [-0.1, -0.05) is 12.1 Å². The number of carbonyl (C=O) groups is 2. The van der Waals surface area contributed by atoms with Crippen LogP contribution in [0.3, 0.4) is 0 Å². The molecule has 2 aromatic rings. The van der Waals surface area contributed by atoms with E-state index < -0.39 is 5.97 Å². The lowest BCUT2D eigenvalue weighted by atomic mass is 10.2. The van der Waals surface area contributed by atoms with E-state index in [2.05, 4.69) is 10.2 Å². The van der Waals surface area contributed by atoms with Gasteiger partial charge in [-0.05, 0) is 49.2 Å². The third-order valence-corrected chi connectivity index (χ3v) is 4.03. The second-order valence-electron chi connectivity index (χ2n) is 5.90. The van der Waals surface area contributed by atoms with Gasteiger partial charge in [-0.3, -0.25) is 4.79 Å². The lowest BCUT2D eigenvalue weighted by molar-refractivity contribution is -0.133. The smallest absolute Gasteiger partial charge is 0.340 e. The number of hydrogen-bond acceptors (Lipinski definition) is 6. The first-order chi connectivity index (χ1) is 12.6. The molecule has 134 valence electrons. The zero-order chi connectivity index (χ0) is 18.4. The van der Waals surface area contributed by atoms with Gasteiger partial charge in [0, 0.05) is 13.1 Å². The Labute approximate surface area is 150 Å². The molecule has 7 nitrogen and oxygen atoms in total. The number of rotatable bonds is 5. The van der Waals surface area contributed by atoms with E-state index in [4.69, 9.17) is 4.74 Å². The van der Waals surface area contributed by atoms with Gasteiger partial charge in [0.1, 0.15) is 11.4 Å². The topological polar surface area (TPSA) is 91.6 Å². The first-order valence-electron chi connectivity index (χ1n) is 8.38. The summed E-state index contributed by atoms with van der Waals surface area (Å²) >= 11 is 0. The van der Waals surface area contributed by atoms with Crippen molar-refractivity contribution in [2.75, 3.05) is 19.7 Å². The molecule has 0 radical (unpaired) electrons. The van der Waals surface area contributed by atoms with Gasteiger partial charge in [0.05, 0.1) is 11.3 Å². The van der Waals surface area contributed by atoms with Gasteiger partial charge in [0.15, 0.2) is 6.61 Å². The molecule has 1 amide bonds. The molecular formula is C19H19N3O4. The van der Waals surface area contributed by atoms with Gasteiger partial charge in [-0.25, -0.2) is 4.79 Å². The van der Waals surface area contributed by atoms with E-state index in [9.17, 15) is 14.7 Å². The maximum atomic E-state index is 12.3. The number of benzene rings is 2. The summed E-state index contributed by atoms with van der Waals surface area (Å²) in [6.45, 7) is 1.16. The Morgan fingerprint density at radius 3 is 2.42 bits per heavy atom. The number of carbonyl (C=O) groups excluding carboxylic acids is 2. The second kappa shape index (κ2) is 8.24. The van der Waals surface area contributed by atoms with Crippen LogP contribution < -0.4 is 0 Å². The van der Waals surface area contributed by atoms with Gasteiger partial charge >= 0.3 is 5.97 Å². The molecule has 3 rings (SSSR count). The molecule has 1 aliphatic heterocycles.